The zero-order valence-corrected chi connectivity index (χ0v) is 8.65. The summed E-state index contributed by atoms with van der Waals surface area (Å²) in [4.78, 5) is 18.3. The minimum atomic E-state index is -0.489. The lowest BCUT2D eigenvalue weighted by Crippen LogP contribution is -2.06. The van der Waals surface area contributed by atoms with E-state index in [1.165, 1.54) is 0 Å². The molecule has 0 atom stereocenters. The number of benzene rings is 1. The third kappa shape index (κ3) is 1.73. The molecule has 1 aromatic carbocycles. The van der Waals surface area contributed by atoms with Gasteiger partial charge in [-0.25, -0.2) is 9.78 Å². The summed E-state index contributed by atoms with van der Waals surface area (Å²) in [6.07, 6.45) is 0. The number of rotatable bonds is 2. The third-order valence-electron chi connectivity index (χ3n) is 2.08. The Morgan fingerprint density at radius 3 is 3.12 bits per heavy atom. The number of aromatic nitrogens is 2. The van der Waals surface area contributed by atoms with E-state index in [9.17, 15) is 4.79 Å². The Kier molecular flexibility index (Phi) is 2.56. The molecule has 0 aliphatic heterocycles. The second-order valence-electron chi connectivity index (χ2n) is 3.15. The minimum absolute atomic E-state index is 0.159. The number of nitriles is 1. The average Bonchev–Trinajstić information content (AvgIpc) is 2.71. The number of nitrogens with one attached hydrogen (secondary N) is 1. The maximum atomic E-state index is 11.4. The molecule has 0 saturated heterocycles. The fraction of sp³-hybridized carbons (Fsp3) is 0.182. The van der Waals surface area contributed by atoms with Crippen LogP contribution in [0.3, 0.4) is 0 Å². The van der Waals surface area contributed by atoms with Crippen LogP contribution < -0.4 is 0 Å². The standard InChI is InChI=1S/C11H9N3O2/c1-2-16-11(15)10-13-8-4-3-7(6-12)5-9(8)14-10/h3-5H,2H2,1H3,(H,13,14). The van der Waals surface area contributed by atoms with Gasteiger partial charge in [-0.2, -0.15) is 5.26 Å². The van der Waals surface area contributed by atoms with Gasteiger partial charge in [-0.15, -0.1) is 0 Å². The molecule has 0 amide bonds. The Balaban J connectivity index is 2.44. The van der Waals surface area contributed by atoms with Gasteiger partial charge in [0.15, 0.2) is 0 Å². The summed E-state index contributed by atoms with van der Waals surface area (Å²) >= 11 is 0. The van der Waals surface area contributed by atoms with E-state index in [-0.39, 0.29) is 5.82 Å². The monoisotopic (exact) mass is 215 g/mol. The number of H-pyrrole nitrogens is 1. The van der Waals surface area contributed by atoms with Crippen molar-refractivity contribution in [2.75, 3.05) is 6.61 Å². The van der Waals surface area contributed by atoms with Gasteiger partial charge in [0.2, 0.25) is 5.82 Å². The normalized spacial score (nSPS) is 10.0. The van der Waals surface area contributed by atoms with Gasteiger partial charge in [0.1, 0.15) is 0 Å². The third-order valence-corrected chi connectivity index (χ3v) is 2.08. The van der Waals surface area contributed by atoms with Crippen molar-refractivity contribution in [1.29, 1.82) is 5.26 Å². The fourth-order valence-electron chi connectivity index (χ4n) is 1.38. The van der Waals surface area contributed by atoms with Gasteiger partial charge < -0.3 is 9.72 Å². The van der Waals surface area contributed by atoms with Gasteiger partial charge in [0.05, 0.1) is 29.3 Å². The number of carbonyl (C=O) groups excluding carboxylic acids is 1. The molecule has 0 saturated carbocycles. The minimum Gasteiger partial charge on any atom is -0.460 e. The van der Waals surface area contributed by atoms with Crippen molar-refractivity contribution in [2.45, 2.75) is 6.92 Å². The van der Waals surface area contributed by atoms with Crippen LogP contribution in [0.4, 0.5) is 0 Å². The SMILES string of the molecule is CCOC(=O)c1nc2ccc(C#N)cc2[nH]1. The van der Waals surface area contributed by atoms with Crippen LogP contribution in [-0.4, -0.2) is 22.5 Å². The van der Waals surface area contributed by atoms with E-state index in [0.717, 1.165) is 0 Å². The molecule has 5 nitrogen and oxygen atoms in total. The number of fused-ring (bicyclic) bond motifs is 1. The molecule has 2 rings (SSSR count). The predicted molar refractivity (Wildman–Crippen MR) is 56.8 cm³/mol. The lowest BCUT2D eigenvalue weighted by molar-refractivity contribution is 0.0514. The highest BCUT2D eigenvalue weighted by Crippen LogP contribution is 2.13. The molecule has 0 unspecified atom stereocenters. The maximum absolute atomic E-state index is 11.4. The first-order chi connectivity index (χ1) is 7.74. The molecule has 0 fully saturated rings. The molecule has 2 aromatic rings. The van der Waals surface area contributed by atoms with Crippen LogP contribution in [0.5, 0.6) is 0 Å². The number of aromatic amines is 1. The molecule has 80 valence electrons. The van der Waals surface area contributed by atoms with Crippen LogP contribution in [0, 0.1) is 11.3 Å². The largest absolute Gasteiger partial charge is 0.460 e. The van der Waals surface area contributed by atoms with Crippen molar-refractivity contribution < 1.29 is 9.53 Å². The predicted octanol–water partition coefficient (Wildman–Crippen LogP) is 1.61. The Hall–Kier alpha value is -2.35. The number of ether oxygens (including phenoxy) is 1. The maximum Gasteiger partial charge on any atom is 0.374 e. The van der Waals surface area contributed by atoms with Crippen molar-refractivity contribution in [2.24, 2.45) is 0 Å². The van der Waals surface area contributed by atoms with E-state index in [1.807, 2.05) is 6.07 Å². The summed E-state index contributed by atoms with van der Waals surface area (Å²) in [7, 11) is 0. The van der Waals surface area contributed by atoms with Gasteiger partial charge in [0, 0.05) is 0 Å². The Bertz CT molecular complexity index is 580. The van der Waals surface area contributed by atoms with Gasteiger partial charge in [-0.3, -0.25) is 0 Å². The summed E-state index contributed by atoms with van der Waals surface area (Å²) in [6, 6.07) is 7.00. The Morgan fingerprint density at radius 2 is 2.44 bits per heavy atom. The number of hydrogen-bond acceptors (Lipinski definition) is 4. The van der Waals surface area contributed by atoms with E-state index in [2.05, 4.69) is 9.97 Å². The van der Waals surface area contributed by atoms with Gasteiger partial charge in [0.25, 0.3) is 0 Å². The molecule has 0 spiro atoms. The first-order valence-electron chi connectivity index (χ1n) is 4.81. The fourth-order valence-corrected chi connectivity index (χ4v) is 1.38. The van der Waals surface area contributed by atoms with Crippen molar-refractivity contribution in [3.8, 4) is 6.07 Å². The highest BCUT2D eigenvalue weighted by Gasteiger charge is 2.12. The van der Waals surface area contributed by atoms with Gasteiger partial charge >= 0.3 is 5.97 Å². The summed E-state index contributed by atoms with van der Waals surface area (Å²) < 4.78 is 4.82. The zero-order valence-electron chi connectivity index (χ0n) is 8.65. The van der Waals surface area contributed by atoms with Crippen molar-refractivity contribution in [1.82, 2.24) is 9.97 Å². The second kappa shape index (κ2) is 4.03. The van der Waals surface area contributed by atoms with Crippen LogP contribution in [0.1, 0.15) is 23.1 Å². The number of imidazole rings is 1. The molecule has 5 heteroatoms. The van der Waals surface area contributed by atoms with Crippen molar-refractivity contribution >= 4 is 17.0 Å². The summed E-state index contributed by atoms with van der Waals surface area (Å²) in [5, 5.41) is 8.72. The van der Waals surface area contributed by atoms with E-state index >= 15 is 0 Å². The van der Waals surface area contributed by atoms with Crippen LogP contribution in [0.25, 0.3) is 11.0 Å². The number of nitrogens with zero attached hydrogens (tertiary/aromatic N) is 2. The lowest BCUT2D eigenvalue weighted by atomic mass is 10.2. The average molecular weight is 215 g/mol. The number of esters is 1. The molecule has 0 aliphatic carbocycles. The molecule has 0 radical (unpaired) electrons. The Morgan fingerprint density at radius 1 is 1.62 bits per heavy atom. The van der Waals surface area contributed by atoms with Gasteiger partial charge in [-0.05, 0) is 25.1 Å². The quantitative estimate of drug-likeness (QED) is 0.772. The summed E-state index contributed by atoms with van der Waals surface area (Å²) in [5.41, 5.74) is 1.82. The first-order valence-corrected chi connectivity index (χ1v) is 4.81. The zero-order chi connectivity index (χ0) is 11.5. The second-order valence-corrected chi connectivity index (χ2v) is 3.15. The highest BCUT2D eigenvalue weighted by molar-refractivity contribution is 5.90. The highest BCUT2D eigenvalue weighted by atomic mass is 16.5. The van der Waals surface area contributed by atoms with Crippen molar-refractivity contribution in [3.05, 3.63) is 29.6 Å². The smallest absolute Gasteiger partial charge is 0.374 e. The van der Waals surface area contributed by atoms with Crippen LogP contribution in [-0.2, 0) is 4.74 Å². The molecule has 16 heavy (non-hydrogen) atoms. The lowest BCUT2D eigenvalue weighted by Gasteiger charge is -1.95. The topological polar surface area (TPSA) is 78.8 Å². The van der Waals surface area contributed by atoms with Gasteiger partial charge in [-0.1, -0.05) is 0 Å². The van der Waals surface area contributed by atoms with E-state index in [0.29, 0.717) is 23.2 Å². The molecular formula is C11H9N3O2. The van der Waals surface area contributed by atoms with Crippen molar-refractivity contribution in [3.63, 3.8) is 0 Å². The van der Waals surface area contributed by atoms with E-state index in [4.69, 9.17) is 10.00 Å². The molecule has 0 aliphatic rings. The number of carbonyl (C=O) groups is 1. The first kappa shape index (κ1) is 10.2. The van der Waals surface area contributed by atoms with Crippen LogP contribution in [0.2, 0.25) is 0 Å². The van der Waals surface area contributed by atoms with Crippen LogP contribution >= 0.6 is 0 Å². The van der Waals surface area contributed by atoms with E-state index in [1.54, 1.807) is 25.1 Å². The summed E-state index contributed by atoms with van der Waals surface area (Å²) in [6.45, 7) is 2.04. The molecule has 0 bridgehead atoms. The molecular weight excluding hydrogens is 206 g/mol. The Labute approximate surface area is 91.7 Å². The van der Waals surface area contributed by atoms with Crippen LogP contribution in [0.15, 0.2) is 18.2 Å². The number of hydrogen-bond donors (Lipinski definition) is 1. The summed E-state index contributed by atoms with van der Waals surface area (Å²) in [5.74, 6) is -0.329. The molecule has 1 aromatic heterocycles. The van der Waals surface area contributed by atoms with E-state index < -0.39 is 5.97 Å². The molecule has 1 N–H and O–H groups in total. The molecule has 1 heterocycles.